The van der Waals surface area contributed by atoms with Crippen LogP contribution in [0.1, 0.15) is 94.0 Å². The Kier molecular flexibility index (Phi) is 7.93. The first kappa shape index (κ1) is 28.8. The summed E-state index contributed by atoms with van der Waals surface area (Å²) in [6.45, 7) is 16.0. The summed E-state index contributed by atoms with van der Waals surface area (Å²) in [4.78, 5) is 0. The summed E-state index contributed by atoms with van der Waals surface area (Å²) in [7, 11) is 0. The first-order valence-electron chi connectivity index (χ1n) is 15.3. The third-order valence-electron chi connectivity index (χ3n) is 9.91. The average Bonchev–Trinajstić information content (AvgIpc) is 3.36. The maximum absolute atomic E-state index is 9.68. The van der Waals surface area contributed by atoms with Gasteiger partial charge in [0.2, 0.25) is 0 Å². The van der Waals surface area contributed by atoms with Crippen molar-refractivity contribution in [2.75, 3.05) is 0 Å². The van der Waals surface area contributed by atoms with Crippen molar-refractivity contribution in [3.8, 4) is 34.5 Å². The van der Waals surface area contributed by atoms with E-state index in [2.05, 4.69) is 102 Å². The highest BCUT2D eigenvalue weighted by Crippen LogP contribution is 2.70. The molecule has 0 saturated heterocycles. The number of hydrogen-bond acceptors (Lipinski definition) is 3. The van der Waals surface area contributed by atoms with Gasteiger partial charge in [-0.05, 0) is 85.8 Å². The van der Waals surface area contributed by atoms with E-state index in [4.69, 9.17) is 10.2 Å². The van der Waals surface area contributed by atoms with Crippen molar-refractivity contribution in [1.82, 2.24) is 14.8 Å². The second-order valence-corrected chi connectivity index (χ2v) is 12.7. The highest BCUT2D eigenvalue weighted by atomic mass is 15.3. The highest BCUT2D eigenvalue weighted by molar-refractivity contribution is 5.74. The Bertz CT molecular complexity index is 1590. The first-order chi connectivity index (χ1) is 19.7. The minimum absolute atomic E-state index is 0.129. The van der Waals surface area contributed by atoms with E-state index in [0.29, 0.717) is 5.56 Å². The molecular formula is C37H44N4. The molecule has 1 saturated carbocycles. The second kappa shape index (κ2) is 11.3. The van der Waals surface area contributed by atoms with E-state index in [-0.39, 0.29) is 10.8 Å². The van der Waals surface area contributed by atoms with Gasteiger partial charge in [0.25, 0.3) is 0 Å². The molecule has 3 atom stereocenters. The monoisotopic (exact) mass is 544 g/mol. The van der Waals surface area contributed by atoms with Crippen molar-refractivity contribution in [2.45, 2.75) is 92.4 Å². The van der Waals surface area contributed by atoms with Crippen LogP contribution in [0.15, 0.2) is 60.7 Å². The molecule has 4 aromatic rings. The van der Waals surface area contributed by atoms with Gasteiger partial charge < -0.3 is 0 Å². The van der Waals surface area contributed by atoms with Crippen LogP contribution < -0.4 is 0 Å². The number of rotatable bonds is 10. The second-order valence-electron chi connectivity index (χ2n) is 12.7. The molecule has 0 bridgehead atoms. The summed E-state index contributed by atoms with van der Waals surface area (Å²) in [5.41, 5.74) is 9.05. The van der Waals surface area contributed by atoms with Crippen LogP contribution in [0.5, 0.6) is 0 Å². The predicted octanol–water partition coefficient (Wildman–Crippen LogP) is 9.67. The van der Waals surface area contributed by atoms with E-state index in [9.17, 15) is 5.26 Å². The van der Waals surface area contributed by atoms with Crippen LogP contribution in [-0.2, 0) is 5.41 Å². The third kappa shape index (κ3) is 5.01. The zero-order valence-electron chi connectivity index (χ0n) is 25.9. The topological polar surface area (TPSA) is 54.5 Å². The average molecular weight is 545 g/mol. The van der Waals surface area contributed by atoms with E-state index >= 15 is 0 Å². The lowest BCUT2D eigenvalue weighted by atomic mass is 9.79. The highest BCUT2D eigenvalue weighted by Gasteiger charge is 2.63. The van der Waals surface area contributed by atoms with Gasteiger partial charge in [-0.15, -0.1) is 10.2 Å². The molecule has 3 aromatic carbocycles. The molecule has 212 valence electrons. The molecule has 0 amide bonds. The molecule has 0 aliphatic heterocycles. The van der Waals surface area contributed by atoms with Gasteiger partial charge in [0.15, 0.2) is 11.6 Å². The van der Waals surface area contributed by atoms with Gasteiger partial charge >= 0.3 is 0 Å². The smallest absolute Gasteiger partial charge is 0.169 e. The largest absolute Gasteiger partial charge is 0.274 e. The summed E-state index contributed by atoms with van der Waals surface area (Å²) in [6.07, 6.45) is 7.42. The van der Waals surface area contributed by atoms with Crippen LogP contribution in [0.3, 0.4) is 0 Å². The van der Waals surface area contributed by atoms with Gasteiger partial charge in [0.05, 0.1) is 17.3 Å². The van der Waals surface area contributed by atoms with Crippen molar-refractivity contribution in [3.05, 3.63) is 88.5 Å². The Morgan fingerprint density at radius 1 is 0.878 bits per heavy atom. The van der Waals surface area contributed by atoms with Crippen LogP contribution in [0.2, 0.25) is 0 Å². The van der Waals surface area contributed by atoms with Crippen LogP contribution >= 0.6 is 0 Å². The molecule has 1 heterocycles. The van der Waals surface area contributed by atoms with Gasteiger partial charge in [-0.1, -0.05) is 95.5 Å². The summed E-state index contributed by atoms with van der Waals surface area (Å²) in [5.74, 6) is 2.42. The van der Waals surface area contributed by atoms with E-state index in [1.807, 2.05) is 18.2 Å². The summed E-state index contributed by atoms with van der Waals surface area (Å²) >= 11 is 0. The summed E-state index contributed by atoms with van der Waals surface area (Å²) < 4.78 is 2.25. The van der Waals surface area contributed by atoms with Crippen LogP contribution in [-0.4, -0.2) is 14.8 Å². The fraction of sp³-hybridized carbons (Fsp3) is 0.432. The molecule has 1 aliphatic rings. The van der Waals surface area contributed by atoms with Gasteiger partial charge in [0, 0.05) is 16.5 Å². The maximum atomic E-state index is 9.68. The van der Waals surface area contributed by atoms with Gasteiger partial charge in [-0.2, -0.15) is 5.26 Å². The summed E-state index contributed by atoms with van der Waals surface area (Å²) in [6, 6.07) is 23.5. The number of aryl methyl sites for hydroxylation is 3. The Hall–Kier alpha value is -3.71. The number of hydrogen-bond donors (Lipinski definition) is 0. The number of benzene rings is 3. The van der Waals surface area contributed by atoms with Crippen molar-refractivity contribution >= 4 is 0 Å². The molecule has 4 nitrogen and oxygen atoms in total. The van der Waals surface area contributed by atoms with Crippen molar-refractivity contribution < 1.29 is 0 Å². The lowest BCUT2D eigenvalue weighted by Crippen LogP contribution is -2.18. The molecule has 41 heavy (non-hydrogen) atoms. The Morgan fingerprint density at radius 3 is 2.22 bits per heavy atom. The minimum atomic E-state index is 0.129. The fourth-order valence-corrected chi connectivity index (χ4v) is 7.35. The lowest BCUT2D eigenvalue weighted by Gasteiger charge is -2.26. The molecule has 0 radical (unpaired) electrons. The third-order valence-corrected chi connectivity index (χ3v) is 9.91. The quantitative estimate of drug-likeness (QED) is 0.200. The zero-order valence-corrected chi connectivity index (χ0v) is 25.9. The minimum Gasteiger partial charge on any atom is -0.274 e. The number of aromatic nitrogens is 3. The zero-order chi connectivity index (χ0) is 29.4. The van der Waals surface area contributed by atoms with E-state index < -0.39 is 0 Å². The van der Waals surface area contributed by atoms with Crippen molar-refractivity contribution in [2.24, 2.45) is 11.3 Å². The molecule has 5 rings (SSSR count). The van der Waals surface area contributed by atoms with Crippen molar-refractivity contribution in [3.63, 3.8) is 0 Å². The lowest BCUT2D eigenvalue weighted by molar-refractivity contribution is 0.353. The molecule has 0 spiro atoms. The number of para-hydroxylation sites is 1. The van der Waals surface area contributed by atoms with Gasteiger partial charge in [-0.25, -0.2) is 0 Å². The van der Waals surface area contributed by atoms with Crippen LogP contribution in [0.4, 0.5) is 0 Å². The molecule has 1 fully saturated rings. The molecule has 2 unspecified atom stereocenters. The molecule has 1 aromatic heterocycles. The fourth-order valence-electron chi connectivity index (χ4n) is 7.35. The van der Waals surface area contributed by atoms with E-state index in [1.54, 1.807) is 0 Å². The predicted molar refractivity (Wildman–Crippen MR) is 169 cm³/mol. The maximum Gasteiger partial charge on any atom is 0.169 e. The Balaban J connectivity index is 1.70. The summed E-state index contributed by atoms with van der Waals surface area (Å²) in [5, 5.41) is 19.5. The van der Waals surface area contributed by atoms with E-state index in [1.165, 1.54) is 48.8 Å². The molecule has 4 heteroatoms. The number of nitriles is 1. The standard InChI is InChI=1S/C37H44N4/c1-8-13-25(3)20-21-36(7)24-37(36,9-2)32-17-11-10-16-30(32)34-39-40-35(31-22-29(23-38)19-18-26(31)4)41(34)33-27(5)14-12-15-28(33)6/h10-12,14-19,22,25H,8-9,13,20-21,24H2,1-7H3/t25?,36-,37?/m1/s1. The normalized spacial score (nSPS) is 20.5. The van der Waals surface area contributed by atoms with Crippen LogP contribution in [0, 0.1) is 43.4 Å². The first-order valence-corrected chi connectivity index (χ1v) is 15.3. The van der Waals surface area contributed by atoms with Gasteiger partial charge in [0.1, 0.15) is 0 Å². The number of nitrogens with zero attached hydrogens (tertiary/aromatic N) is 4. The molecule has 1 aliphatic carbocycles. The molecule has 0 N–H and O–H groups in total. The molecular weight excluding hydrogens is 500 g/mol. The van der Waals surface area contributed by atoms with Crippen molar-refractivity contribution in [1.29, 1.82) is 5.26 Å². The Morgan fingerprint density at radius 2 is 1.56 bits per heavy atom. The Labute approximate surface area is 246 Å². The SMILES string of the molecule is CCCC(C)CC[C@]1(C)CC1(CC)c1ccccc1-c1nnc(-c2cc(C#N)ccc2C)n1-c1c(C)cccc1C. The van der Waals surface area contributed by atoms with E-state index in [0.717, 1.165) is 46.4 Å². The van der Waals surface area contributed by atoms with Crippen LogP contribution in [0.25, 0.3) is 28.5 Å². The van der Waals surface area contributed by atoms with Gasteiger partial charge in [-0.3, -0.25) is 4.57 Å².